The molecular weight excluding hydrogens is 406 g/mol. The van der Waals surface area contributed by atoms with E-state index < -0.39 is 0 Å². The second-order valence-corrected chi connectivity index (χ2v) is 7.99. The van der Waals surface area contributed by atoms with Crippen LogP contribution in [0, 0.1) is 6.92 Å². The average Bonchev–Trinajstić information content (AvgIpc) is 3.40. The summed E-state index contributed by atoms with van der Waals surface area (Å²) in [6, 6.07) is 19.1. The SMILES string of the molecule is Cc1ccc(C(NC(=O)Cn2nnc(-c3ccc(Cl)cc3)n2)c2cccs2)cc1. The summed E-state index contributed by atoms with van der Waals surface area (Å²) < 4.78 is 0. The Morgan fingerprint density at radius 2 is 1.90 bits per heavy atom. The molecule has 0 saturated heterocycles. The van der Waals surface area contributed by atoms with Crippen LogP contribution in [0.1, 0.15) is 22.0 Å². The van der Waals surface area contributed by atoms with Crippen LogP contribution in [-0.4, -0.2) is 26.1 Å². The maximum atomic E-state index is 12.7. The number of amides is 1. The van der Waals surface area contributed by atoms with Crippen molar-refractivity contribution in [1.29, 1.82) is 0 Å². The normalized spacial score (nSPS) is 11.9. The van der Waals surface area contributed by atoms with Gasteiger partial charge >= 0.3 is 0 Å². The molecule has 1 amide bonds. The number of rotatable bonds is 6. The number of thiophene rings is 1. The molecule has 0 bridgehead atoms. The van der Waals surface area contributed by atoms with E-state index in [4.69, 9.17) is 11.6 Å². The zero-order valence-electron chi connectivity index (χ0n) is 15.6. The number of hydrogen-bond donors (Lipinski definition) is 1. The van der Waals surface area contributed by atoms with Crippen molar-refractivity contribution in [3.05, 3.63) is 87.1 Å². The molecule has 8 heteroatoms. The molecule has 0 fully saturated rings. The van der Waals surface area contributed by atoms with E-state index in [1.807, 2.05) is 60.8 Å². The van der Waals surface area contributed by atoms with E-state index in [0.29, 0.717) is 10.8 Å². The van der Waals surface area contributed by atoms with Gasteiger partial charge in [-0.15, -0.1) is 21.5 Å². The maximum absolute atomic E-state index is 12.7. The van der Waals surface area contributed by atoms with Gasteiger partial charge in [0.25, 0.3) is 0 Å². The topological polar surface area (TPSA) is 72.7 Å². The third-order valence-corrected chi connectivity index (χ3v) is 5.57. The smallest absolute Gasteiger partial charge is 0.244 e. The largest absolute Gasteiger partial charge is 0.343 e. The third kappa shape index (κ3) is 4.70. The molecule has 6 nitrogen and oxygen atoms in total. The Hall–Kier alpha value is -3.03. The van der Waals surface area contributed by atoms with Crippen LogP contribution in [-0.2, 0) is 11.3 Å². The van der Waals surface area contributed by atoms with E-state index in [1.165, 1.54) is 10.4 Å². The zero-order chi connectivity index (χ0) is 20.2. The Morgan fingerprint density at radius 3 is 2.59 bits per heavy atom. The predicted octanol–water partition coefficient (Wildman–Crippen LogP) is 4.27. The van der Waals surface area contributed by atoms with Crippen LogP contribution >= 0.6 is 22.9 Å². The lowest BCUT2D eigenvalue weighted by atomic mass is 10.0. The van der Waals surface area contributed by atoms with Gasteiger partial charge in [-0.2, -0.15) is 4.80 Å². The van der Waals surface area contributed by atoms with Crippen molar-refractivity contribution in [3.8, 4) is 11.4 Å². The Kier molecular flexibility index (Phi) is 5.69. The first-order valence-electron chi connectivity index (χ1n) is 9.01. The van der Waals surface area contributed by atoms with E-state index in [-0.39, 0.29) is 18.5 Å². The molecule has 4 rings (SSSR count). The van der Waals surface area contributed by atoms with Gasteiger partial charge in [-0.05, 0) is 53.4 Å². The molecular formula is C21H18ClN5OS. The molecule has 0 saturated carbocycles. The first-order valence-corrected chi connectivity index (χ1v) is 10.3. The average molecular weight is 424 g/mol. The van der Waals surface area contributed by atoms with Gasteiger partial charge in [-0.3, -0.25) is 4.79 Å². The molecule has 1 N–H and O–H groups in total. The molecule has 2 aromatic heterocycles. The molecule has 146 valence electrons. The summed E-state index contributed by atoms with van der Waals surface area (Å²) in [5.41, 5.74) is 2.99. The number of nitrogens with one attached hydrogen (secondary N) is 1. The fourth-order valence-electron chi connectivity index (χ4n) is 2.89. The van der Waals surface area contributed by atoms with E-state index in [1.54, 1.807) is 23.5 Å². The second-order valence-electron chi connectivity index (χ2n) is 6.58. The van der Waals surface area contributed by atoms with Gasteiger partial charge in [0.05, 0.1) is 6.04 Å². The van der Waals surface area contributed by atoms with Crippen LogP contribution in [0.3, 0.4) is 0 Å². The summed E-state index contributed by atoms with van der Waals surface area (Å²) >= 11 is 7.51. The monoisotopic (exact) mass is 423 g/mol. The molecule has 0 radical (unpaired) electrons. The van der Waals surface area contributed by atoms with Crippen molar-refractivity contribution >= 4 is 28.8 Å². The van der Waals surface area contributed by atoms with Crippen molar-refractivity contribution in [2.75, 3.05) is 0 Å². The minimum atomic E-state index is -0.220. The molecule has 29 heavy (non-hydrogen) atoms. The fourth-order valence-corrected chi connectivity index (χ4v) is 3.82. The molecule has 0 aliphatic heterocycles. The molecule has 2 heterocycles. The third-order valence-electron chi connectivity index (χ3n) is 4.38. The van der Waals surface area contributed by atoms with Gasteiger partial charge in [0.1, 0.15) is 6.54 Å². The zero-order valence-corrected chi connectivity index (χ0v) is 17.2. The number of tetrazole rings is 1. The number of nitrogens with zero attached hydrogens (tertiary/aromatic N) is 4. The van der Waals surface area contributed by atoms with Gasteiger partial charge in [0.2, 0.25) is 11.7 Å². The molecule has 4 aromatic rings. The standard InChI is InChI=1S/C21H18ClN5OS/c1-14-4-6-15(7-5-14)20(18-3-2-12-29-18)23-19(28)13-27-25-21(24-26-27)16-8-10-17(22)11-9-16/h2-12,20H,13H2,1H3,(H,23,28). The van der Waals surface area contributed by atoms with Crippen LogP contribution < -0.4 is 5.32 Å². The van der Waals surface area contributed by atoms with Gasteiger partial charge in [0.15, 0.2) is 0 Å². The van der Waals surface area contributed by atoms with E-state index in [2.05, 4.69) is 20.7 Å². The van der Waals surface area contributed by atoms with E-state index >= 15 is 0 Å². The highest BCUT2D eigenvalue weighted by Gasteiger charge is 2.19. The number of halogens is 1. The van der Waals surface area contributed by atoms with Crippen molar-refractivity contribution in [3.63, 3.8) is 0 Å². The summed E-state index contributed by atoms with van der Waals surface area (Å²) in [6.45, 7) is 2.02. The summed E-state index contributed by atoms with van der Waals surface area (Å²) in [6.07, 6.45) is 0. The minimum Gasteiger partial charge on any atom is -0.343 e. The lowest BCUT2D eigenvalue weighted by Crippen LogP contribution is -2.32. The highest BCUT2D eigenvalue weighted by atomic mass is 35.5. The van der Waals surface area contributed by atoms with Gasteiger partial charge in [-0.25, -0.2) is 0 Å². The highest BCUT2D eigenvalue weighted by molar-refractivity contribution is 7.10. The molecule has 2 aromatic carbocycles. The number of aryl methyl sites for hydroxylation is 1. The fraction of sp³-hybridized carbons (Fsp3) is 0.143. The van der Waals surface area contributed by atoms with Crippen LogP contribution in [0.4, 0.5) is 0 Å². The Bertz CT molecular complexity index is 1090. The van der Waals surface area contributed by atoms with Crippen LogP contribution in [0.25, 0.3) is 11.4 Å². The number of hydrogen-bond acceptors (Lipinski definition) is 5. The van der Waals surface area contributed by atoms with E-state index in [9.17, 15) is 4.79 Å². The summed E-state index contributed by atoms with van der Waals surface area (Å²) in [7, 11) is 0. The highest BCUT2D eigenvalue weighted by Crippen LogP contribution is 2.26. The first kappa shape index (κ1) is 19.3. The van der Waals surface area contributed by atoms with E-state index in [0.717, 1.165) is 16.0 Å². The van der Waals surface area contributed by atoms with Crippen molar-refractivity contribution in [2.24, 2.45) is 0 Å². The van der Waals surface area contributed by atoms with Crippen LogP contribution in [0.15, 0.2) is 66.0 Å². The Labute approximate surface area is 177 Å². The van der Waals surface area contributed by atoms with Gasteiger partial charge in [-0.1, -0.05) is 47.5 Å². The molecule has 1 atom stereocenters. The minimum absolute atomic E-state index is 0.0195. The van der Waals surface area contributed by atoms with Crippen LogP contribution in [0.2, 0.25) is 5.02 Å². The maximum Gasteiger partial charge on any atom is 0.244 e. The summed E-state index contributed by atoms with van der Waals surface area (Å²) in [5, 5.41) is 18.0. The number of carbonyl (C=O) groups is 1. The van der Waals surface area contributed by atoms with Crippen molar-refractivity contribution < 1.29 is 4.79 Å². The lowest BCUT2D eigenvalue weighted by Gasteiger charge is -2.18. The van der Waals surface area contributed by atoms with Crippen LogP contribution in [0.5, 0.6) is 0 Å². The second kappa shape index (κ2) is 8.55. The molecule has 0 aliphatic rings. The quantitative estimate of drug-likeness (QED) is 0.502. The van der Waals surface area contributed by atoms with Gasteiger partial charge < -0.3 is 5.32 Å². The first-order chi connectivity index (χ1) is 14.1. The Balaban J connectivity index is 1.48. The molecule has 1 unspecified atom stereocenters. The number of benzene rings is 2. The molecule has 0 aliphatic carbocycles. The van der Waals surface area contributed by atoms with Crippen molar-refractivity contribution in [2.45, 2.75) is 19.5 Å². The number of carbonyl (C=O) groups excluding carboxylic acids is 1. The lowest BCUT2D eigenvalue weighted by molar-refractivity contribution is -0.122. The molecule has 0 spiro atoms. The van der Waals surface area contributed by atoms with Gasteiger partial charge in [0, 0.05) is 15.5 Å². The Morgan fingerprint density at radius 1 is 1.14 bits per heavy atom. The number of aromatic nitrogens is 4. The summed E-state index contributed by atoms with van der Waals surface area (Å²) in [5.74, 6) is 0.256. The summed E-state index contributed by atoms with van der Waals surface area (Å²) in [4.78, 5) is 15.1. The predicted molar refractivity (Wildman–Crippen MR) is 114 cm³/mol. The van der Waals surface area contributed by atoms with Crippen molar-refractivity contribution in [1.82, 2.24) is 25.5 Å².